The van der Waals surface area contributed by atoms with Crippen molar-refractivity contribution in [3.05, 3.63) is 71.5 Å². The summed E-state index contributed by atoms with van der Waals surface area (Å²) >= 11 is 0. The molecule has 0 bridgehead atoms. The fraction of sp³-hybridized carbons (Fsp3) is 0.444. The third-order valence-corrected chi connectivity index (χ3v) is 8.36. The van der Waals surface area contributed by atoms with Gasteiger partial charge in [-0.15, -0.1) is 0 Å². The number of benzene rings is 2. The molecule has 2 aromatic rings. The van der Waals surface area contributed by atoms with Crippen LogP contribution in [0.3, 0.4) is 0 Å². The molecule has 2 fully saturated rings. The fourth-order valence-corrected chi connectivity index (χ4v) is 5.50. The molecular weight excluding hydrogens is 527 g/mol. The minimum Gasteiger partial charge on any atom is -0.369 e. The number of likely N-dealkylation sites (N-methyl/N-ethyl adjacent to an activating group) is 1. The van der Waals surface area contributed by atoms with Gasteiger partial charge in [-0.3, -0.25) is 14.4 Å². The van der Waals surface area contributed by atoms with Gasteiger partial charge in [0.2, 0.25) is 21.8 Å². The summed E-state index contributed by atoms with van der Waals surface area (Å²) in [7, 11) is -1.86. The van der Waals surface area contributed by atoms with E-state index in [4.69, 9.17) is 4.74 Å². The quantitative estimate of drug-likeness (QED) is 0.465. The number of nitrogens with zero attached hydrogens (tertiary/aromatic N) is 3. The number of amides is 3. The zero-order chi connectivity index (χ0) is 28.2. The Morgan fingerprint density at radius 3 is 2.31 bits per heavy atom. The summed E-state index contributed by atoms with van der Waals surface area (Å²) in [6.45, 7) is 0.178. The first-order valence-corrected chi connectivity index (χ1v) is 14.6. The van der Waals surface area contributed by atoms with Gasteiger partial charge in [0.15, 0.2) is 0 Å². The van der Waals surface area contributed by atoms with Gasteiger partial charge in [0, 0.05) is 50.7 Å². The average molecular weight is 561 g/mol. The predicted octanol–water partition coefficient (Wildman–Crippen LogP) is 1.06. The zero-order valence-corrected chi connectivity index (χ0v) is 22.8. The molecule has 0 radical (unpaired) electrons. The molecule has 1 saturated heterocycles. The number of carbonyl (C=O) groups is 3. The molecule has 1 aliphatic carbocycles. The lowest BCUT2D eigenvalue weighted by Crippen LogP contribution is -2.57. The molecule has 0 aromatic heterocycles. The van der Waals surface area contributed by atoms with Crippen molar-refractivity contribution >= 4 is 27.7 Å². The normalized spacial score (nSPS) is 20.2. The van der Waals surface area contributed by atoms with Gasteiger partial charge >= 0.3 is 0 Å². The molecule has 1 saturated carbocycles. The molecule has 2 aromatic carbocycles. The first-order valence-electron chi connectivity index (χ1n) is 12.7. The summed E-state index contributed by atoms with van der Waals surface area (Å²) in [6, 6.07) is 13.6. The molecule has 2 aliphatic rings. The molecule has 12 heteroatoms. The molecule has 3 atom stereocenters. The van der Waals surface area contributed by atoms with Crippen molar-refractivity contribution in [3.63, 3.8) is 0 Å². The van der Waals surface area contributed by atoms with Crippen molar-refractivity contribution in [1.29, 1.82) is 0 Å². The molecule has 0 spiro atoms. The molecule has 1 N–H and O–H groups in total. The maximum absolute atomic E-state index is 13.5. The van der Waals surface area contributed by atoms with Crippen molar-refractivity contribution in [3.8, 4) is 0 Å². The van der Waals surface area contributed by atoms with Crippen LogP contribution in [0.4, 0.5) is 4.39 Å². The fourth-order valence-electron chi connectivity index (χ4n) is 4.67. The van der Waals surface area contributed by atoms with E-state index in [0.717, 1.165) is 18.2 Å². The van der Waals surface area contributed by atoms with Crippen LogP contribution in [0.25, 0.3) is 0 Å². The van der Waals surface area contributed by atoms with Crippen LogP contribution in [0.15, 0.2) is 54.6 Å². The number of hydrogen-bond donors (Lipinski definition) is 1. The molecule has 10 nitrogen and oxygen atoms in total. The number of hydrogen-bond acceptors (Lipinski definition) is 6. The summed E-state index contributed by atoms with van der Waals surface area (Å²) in [6.07, 6.45) is 1.87. The smallest absolute Gasteiger partial charge is 0.254 e. The van der Waals surface area contributed by atoms with Gasteiger partial charge in [0.05, 0.1) is 12.9 Å². The maximum Gasteiger partial charge on any atom is 0.254 e. The second kappa shape index (κ2) is 12.2. The van der Waals surface area contributed by atoms with Gasteiger partial charge in [0.1, 0.15) is 18.5 Å². The molecule has 3 amide bonds. The Hall–Kier alpha value is -3.35. The minimum absolute atomic E-state index is 0.0718. The van der Waals surface area contributed by atoms with Gasteiger partial charge in [-0.1, -0.05) is 30.3 Å². The number of piperazine rings is 1. The first-order chi connectivity index (χ1) is 18.5. The summed E-state index contributed by atoms with van der Waals surface area (Å²) in [5.41, 5.74) is 1.35. The number of carbonyl (C=O) groups excluding carboxylic acids is 3. The van der Waals surface area contributed by atoms with Crippen molar-refractivity contribution in [2.24, 2.45) is 0 Å². The third-order valence-electron chi connectivity index (χ3n) is 7.06. The molecule has 1 unspecified atom stereocenters. The molecule has 210 valence electrons. The van der Waals surface area contributed by atoms with Crippen molar-refractivity contribution < 1.29 is 31.9 Å². The van der Waals surface area contributed by atoms with Crippen LogP contribution in [-0.2, 0) is 24.3 Å². The Morgan fingerprint density at radius 1 is 1.05 bits per heavy atom. The topological polar surface area (TPSA) is 116 Å². The Morgan fingerprint density at radius 2 is 1.69 bits per heavy atom. The van der Waals surface area contributed by atoms with E-state index in [0.29, 0.717) is 5.56 Å². The van der Waals surface area contributed by atoms with Crippen LogP contribution >= 0.6 is 0 Å². The third kappa shape index (κ3) is 7.40. The van der Waals surface area contributed by atoms with E-state index in [-0.39, 0.29) is 74.9 Å². The van der Waals surface area contributed by atoms with E-state index in [2.05, 4.69) is 5.32 Å². The molecule has 1 heterocycles. The summed E-state index contributed by atoms with van der Waals surface area (Å²) in [5, 5.41) is 2.88. The predicted molar refractivity (Wildman–Crippen MR) is 142 cm³/mol. The van der Waals surface area contributed by atoms with E-state index in [1.807, 2.05) is 0 Å². The van der Waals surface area contributed by atoms with Crippen molar-refractivity contribution in [1.82, 2.24) is 19.4 Å². The lowest BCUT2D eigenvalue weighted by Gasteiger charge is -2.37. The molecule has 1 aliphatic heterocycles. The largest absolute Gasteiger partial charge is 0.369 e. The number of ether oxygens (including phenoxy) is 1. The SMILES string of the molecule is CN(C(=O)c1ccccc1)[C@@H](COCC(=O)NC1C[C@H]1c1ccc(F)cc1)C(=O)N1CCN(S(C)(=O)=O)CC1. The number of sulfonamides is 1. The highest BCUT2D eigenvalue weighted by Gasteiger charge is 2.39. The Bertz CT molecular complexity index is 1280. The van der Waals surface area contributed by atoms with E-state index < -0.39 is 16.1 Å². The van der Waals surface area contributed by atoms with Crippen LogP contribution in [0, 0.1) is 5.82 Å². The van der Waals surface area contributed by atoms with E-state index >= 15 is 0 Å². The van der Waals surface area contributed by atoms with Crippen LogP contribution < -0.4 is 5.32 Å². The minimum atomic E-state index is -3.37. The Kier molecular flexibility index (Phi) is 8.98. The maximum atomic E-state index is 13.5. The van der Waals surface area contributed by atoms with Gasteiger partial charge < -0.3 is 19.9 Å². The lowest BCUT2D eigenvalue weighted by molar-refractivity contribution is -0.140. The number of halogens is 1. The van der Waals surface area contributed by atoms with Gasteiger partial charge in [0.25, 0.3) is 5.91 Å². The van der Waals surface area contributed by atoms with Crippen LogP contribution in [-0.4, -0.2) is 105 Å². The highest BCUT2D eigenvalue weighted by atomic mass is 32.2. The highest BCUT2D eigenvalue weighted by molar-refractivity contribution is 7.88. The van der Waals surface area contributed by atoms with E-state index in [1.54, 1.807) is 42.5 Å². The monoisotopic (exact) mass is 560 g/mol. The lowest BCUT2D eigenvalue weighted by atomic mass is 10.1. The Balaban J connectivity index is 1.35. The standard InChI is InChI=1S/C27H33FN4O6S/c1-30(26(34)20-6-4-3-5-7-20)24(27(35)31-12-14-32(15-13-31)39(2,36)37)17-38-18-25(33)29-23-16-22(23)19-8-10-21(28)11-9-19/h3-11,22-24H,12-18H2,1-2H3,(H,29,33)/t22-,23?,24-/m0/s1. The van der Waals surface area contributed by atoms with Crippen molar-refractivity contribution in [2.45, 2.75) is 24.4 Å². The van der Waals surface area contributed by atoms with Gasteiger partial charge in [-0.2, -0.15) is 4.31 Å². The summed E-state index contributed by atoms with van der Waals surface area (Å²) in [5.74, 6) is -1.31. The van der Waals surface area contributed by atoms with Gasteiger partial charge in [-0.25, -0.2) is 12.8 Å². The second-order valence-corrected chi connectivity index (χ2v) is 11.9. The Labute approximate surface area is 227 Å². The number of rotatable bonds is 10. The average Bonchev–Trinajstić information content (AvgIpc) is 3.69. The van der Waals surface area contributed by atoms with Crippen LogP contribution in [0.1, 0.15) is 28.3 Å². The molecule has 39 heavy (non-hydrogen) atoms. The molecule has 4 rings (SSSR count). The van der Waals surface area contributed by atoms with Crippen LogP contribution in [0.5, 0.6) is 0 Å². The van der Waals surface area contributed by atoms with E-state index in [1.165, 1.54) is 33.3 Å². The summed E-state index contributed by atoms with van der Waals surface area (Å²) in [4.78, 5) is 41.9. The zero-order valence-electron chi connectivity index (χ0n) is 22.0. The highest BCUT2D eigenvalue weighted by Crippen LogP contribution is 2.40. The van der Waals surface area contributed by atoms with Crippen LogP contribution in [0.2, 0.25) is 0 Å². The summed E-state index contributed by atoms with van der Waals surface area (Å²) < 4.78 is 43.8. The van der Waals surface area contributed by atoms with Gasteiger partial charge in [-0.05, 0) is 36.2 Å². The van der Waals surface area contributed by atoms with Crippen molar-refractivity contribution in [2.75, 3.05) is 52.7 Å². The number of nitrogens with one attached hydrogen (secondary N) is 1. The van der Waals surface area contributed by atoms with E-state index in [9.17, 15) is 27.2 Å². The second-order valence-electron chi connectivity index (χ2n) is 9.87. The first kappa shape index (κ1) is 28.7. The molecular formula is C27H33FN4O6S.